The Balaban J connectivity index is 2.59. The summed E-state index contributed by atoms with van der Waals surface area (Å²) in [5.74, 6) is -2.13. The normalized spacial score (nSPS) is 11.0. The Kier molecular flexibility index (Phi) is 7.74. The second-order valence-electron chi connectivity index (χ2n) is 5.77. The van der Waals surface area contributed by atoms with E-state index >= 15 is 0 Å². The van der Waals surface area contributed by atoms with Crippen LogP contribution in [-0.2, 0) is 14.4 Å². The highest BCUT2D eigenvalue weighted by atomic mass is 16.3. The van der Waals surface area contributed by atoms with Crippen molar-refractivity contribution in [2.45, 2.75) is 34.1 Å². The van der Waals surface area contributed by atoms with Gasteiger partial charge in [0.15, 0.2) is 0 Å². The standard InChI is InChI=1S/C17H24N4O4/c1-10-7-11(2)15(12(3)8-10)19-14(23)9-13(4)20-21-17(25)16(24)18-5-6-22/h7-8,22H,5-6,9H2,1-4H3,(H,18,24)(H,19,23)(H,21,25)/b20-13+. The molecule has 1 rings (SSSR count). The van der Waals surface area contributed by atoms with Gasteiger partial charge in [0.25, 0.3) is 0 Å². The second-order valence-corrected chi connectivity index (χ2v) is 5.77. The molecule has 4 N–H and O–H groups in total. The zero-order valence-corrected chi connectivity index (χ0v) is 14.9. The Morgan fingerprint density at radius 3 is 2.24 bits per heavy atom. The highest BCUT2D eigenvalue weighted by Gasteiger charge is 2.13. The van der Waals surface area contributed by atoms with Crippen molar-refractivity contribution in [1.29, 1.82) is 0 Å². The second kappa shape index (κ2) is 9.53. The Morgan fingerprint density at radius 1 is 1.08 bits per heavy atom. The van der Waals surface area contributed by atoms with Gasteiger partial charge in [0.1, 0.15) is 0 Å². The number of hydrazone groups is 1. The fraction of sp³-hybridized carbons (Fsp3) is 0.412. The van der Waals surface area contributed by atoms with Crippen molar-refractivity contribution in [3.63, 3.8) is 0 Å². The van der Waals surface area contributed by atoms with Crippen LogP contribution in [0.15, 0.2) is 17.2 Å². The molecular weight excluding hydrogens is 324 g/mol. The Bertz CT molecular complexity index is 675. The molecule has 0 heterocycles. The molecule has 0 aliphatic carbocycles. The number of amides is 3. The van der Waals surface area contributed by atoms with Crippen molar-refractivity contribution in [2.24, 2.45) is 5.10 Å². The van der Waals surface area contributed by atoms with Crippen LogP contribution in [0.1, 0.15) is 30.0 Å². The van der Waals surface area contributed by atoms with Gasteiger partial charge in [-0.1, -0.05) is 17.7 Å². The van der Waals surface area contributed by atoms with E-state index in [1.54, 1.807) is 6.92 Å². The summed E-state index contributed by atoms with van der Waals surface area (Å²) >= 11 is 0. The van der Waals surface area contributed by atoms with E-state index in [-0.39, 0.29) is 25.5 Å². The molecule has 0 atom stereocenters. The average molecular weight is 348 g/mol. The molecule has 0 aromatic heterocycles. The van der Waals surface area contributed by atoms with Crippen LogP contribution >= 0.6 is 0 Å². The van der Waals surface area contributed by atoms with Gasteiger partial charge in [-0.3, -0.25) is 14.4 Å². The number of hydrogen-bond donors (Lipinski definition) is 4. The number of rotatable bonds is 6. The molecule has 1 aromatic carbocycles. The minimum absolute atomic E-state index is 0.0212. The van der Waals surface area contributed by atoms with Crippen LogP contribution in [-0.4, -0.2) is 41.7 Å². The molecule has 0 saturated carbocycles. The third-order valence-electron chi connectivity index (χ3n) is 3.31. The first-order chi connectivity index (χ1) is 11.7. The van der Waals surface area contributed by atoms with Crippen molar-refractivity contribution in [3.8, 4) is 0 Å². The third-order valence-corrected chi connectivity index (χ3v) is 3.31. The molecule has 0 fully saturated rings. The van der Waals surface area contributed by atoms with Crippen molar-refractivity contribution in [2.75, 3.05) is 18.5 Å². The smallest absolute Gasteiger partial charge is 0.329 e. The lowest BCUT2D eigenvalue weighted by atomic mass is 10.0. The van der Waals surface area contributed by atoms with E-state index in [0.717, 1.165) is 22.4 Å². The number of nitrogens with zero attached hydrogens (tertiary/aromatic N) is 1. The third kappa shape index (κ3) is 6.72. The van der Waals surface area contributed by atoms with E-state index in [2.05, 4.69) is 21.2 Å². The first-order valence-corrected chi connectivity index (χ1v) is 7.84. The van der Waals surface area contributed by atoms with Crippen molar-refractivity contribution >= 4 is 29.1 Å². The summed E-state index contributed by atoms with van der Waals surface area (Å²) in [5, 5.41) is 17.3. The van der Waals surface area contributed by atoms with Crippen molar-refractivity contribution < 1.29 is 19.5 Å². The minimum atomic E-state index is -0.960. The van der Waals surface area contributed by atoms with Gasteiger partial charge in [0.2, 0.25) is 5.91 Å². The number of carbonyl (C=O) groups excluding carboxylic acids is 3. The molecule has 0 unspecified atom stereocenters. The summed E-state index contributed by atoms with van der Waals surface area (Å²) in [6.45, 7) is 7.11. The fourth-order valence-corrected chi connectivity index (χ4v) is 2.28. The molecule has 0 radical (unpaired) electrons. The Hall–Kier alpha value is -2.74. The van der Waals surface area contributed by atoms with Gasteiger partial charge in [-0.2, -0.15) is 5.10 Å². The van der Waals surface area contributed by atoms with Gasteiger partial charge in [0, 0.05) is 17.9 Å². The highest BCUT2D eigenvalue weighted by Crippen LogP contribution is 2.22. The van der Waals surface area contributed by atoms with E-state index in [0.29, 0.717) is 5.71 Å². The van der Waals surface area contributed by atoms with E-state index in [4.69, 9.17) is 5.11 Å². The molecule has 0 saturated heterocycles. The number of carbonyl (C=O) groups is 3. The summed E-state index contributed by atoms with van der Waals surface area (Å²) in [7, 11) is 0. The van der Waals surface area contributed by atoms with Gasteiger partial charge in [-0.05, 0) is 38.8 Å². The number of nitrogens with one attached hydrogen (secondary N) is 3. The van der Waals surface area contributed by atoms with Gasteiger partial charge >= 0.3 is 11.8 Å². The molecule has 3 amide bonds. The molecule has 0 bridgehead atoms. The lowest BCUT2D eigenvalue weighted by molar-refractivity contribution is -0.139. The molecule has 25 heavy (non-hydrogen) atoms. The van der Waals surface area contributed by atoms with Crippen LogP contribution < -0.4 is 16.1 Å². The molecular formula is C17H24N4O4. The molecule has 0 spiro atoms. The van der Waals surface area contributed by atoms with Gasteiger partial charge in [-0.15, -0.1) is 0 Å². The van der Waals surface area contributed by atoms with Crippen LogP contribution in [0.5, 0.6) is 0 Å². The number of aliphatic hydroxyl groups is 1. The summed E-state index contributed by atoms with van der Waals surface area (Å²) < 4.78 is 0. The van der Waals surface area contributed by atoms with Crippen LogP contribution in [0, 0.1) is 20.8 Å². The zero-order valence-electron chi connectivity index (χ0n) is 14.9. The lowest BCUT2D eigenvalue weighted by Crippen LogP contribution is -2.39. The first kappa shape index (κ1) is 20.3. The highest BCUT2D eigenvalue weighted by molar-refractivity contribution is 6.35. The van der Waals surface area contributed by atoms with E-state index < -0.39 is 11.8 Å². The Morgan fingerprint density at radius 2 is 1.68 bits per heavy atom. The Labute approximate surface area is 146 Å². The predicted molar refractivity (Wildman–Crippen MR) is 95.2 cm³/mol. The largest absolute Gasteiger partial charge is 0.395 e. The molecule has 8 heteroatoms. The van der Waals surface area contributed by atoms with E-state index in [1.165, 1.54) is 0 Å². The van der Waals surface area contributed by atoms with Crippen LogP contribution in [0.4, 0.5) is 5.69 Å². The maximum atomic E-state index is 12.1. The summed E-state index contributed by atoms with van der Waals surface area (Å²) in [5.41, 5.74) is 6.23. The molecule has 1 aromatic rings. The maximum Gasteiger partial charge on any atom is 0.329 e. The number of anilines is 1. The van der Waals surface area contributed by atoms with Gasteiger partial charge in [0.05, 0.1) is 13.0 Å². The van der Waals surface area contributed by atoms with Crippen molar-refractivity contribution in [1.82, 2.24) is 10.7 Å². The summed E-state index contributed by atoms with van der Waals surface area (Å²) in [4.78, 5) is 34.9. The van der Waals surface area contributed by atoms with E-state index in [9.17, 15) is 14.4 Å². The molecule has 8 nitrogen and oxygen atoms in total. The van der Waals surface area contributed by atoms with Gasteiger partial charge < -0.3 is 15.7 Å². The number of aryl methyl sites for hydroxylation is 3. The molecule has 136 valence electrons. The summed E-state index contributed by atoms with van der Waals surface area (Å²) in [6, 6.07) is 3.96. The van der Waals surface area contributed by atoms with Crippen LogP contribution in [0.2, 0.25) is 0 Å². The number of hydrogen-bond acceptors (Lipinski definition) is 5. The minimum Gasteiger partial charge on any atom is -0.395 e. The van der Waals surface area contributed by atoms with Crippen molar-refractivity contribution in [3.05, 3.63) is 28.8 Å². The number of benzene rings is 1. The average Bonchev–Trinajstić information content (AvgIpc) is 2.53. The quantitative estimate of drug-likeness (QED) is 0.341. The fourth-order valence-electron chi connectivity index (χ4n) is 2.28. The molecule has 0 aliphatic rings. The summed E-state index contributed by atoms with van der Waals surface area (Å²) in [6.07, 6.45) is -0.0225. The first-order valence-electron chi connectivity index (χ1n) is 7.84. The van der Waals surface area contributed by atoms with E-state index in [1.807, 2.05) is 32.9 Å². The molecule has 0 aliphatic heterocycles. The number of aliphatic hydroxyl groups excluding tert-OH is 1. The SMILES string of the molecule is C/C(CC(=O)Nc1c(C)cc(C)cc1C)=N\NC(=O)C(=O)NCCO. The van der Waals surface area contributed by atoms with Gasteiger partial charge in [-0.25, -0.2) is 5.43 Å². The van der Waals surface area contributed by atoms with Crippen LogP contribution in [0.3, 0.4) is 0 Å². The van der Waals surface area contributed by atoms with Crippen LogP contribution in [0.25, 0.3) is 0 Å². The monoisotopic (exact) mass is 348 g/mol. The maximum absolute atomic E-state index is 12.1. The zero-order chi connectivity index (χ0) is 19.0. The lowest BCUT2D eigenvalue weighted by Gasteiger charge is -2.12. The predicted octanol–water partition coefficient (Wildman–Crippen LogP) is 0.541. The topological polar surface area (TPSA) is 120 Å².